The summed E-state index contributed by atoms with van der Waals surface area (Å²) >= 11 is 0. The second-order valence-electron chi connectivity index (χ2n) is 9.53. The van der Waals surface area contributed by atoms with Gasteiger partial charge < -0.3 is 19.9 Å². The molecule has 8 nitrogen and oxygen atoms in total. The van der Waals surface area contributed by atoms with E-state index in [1.54, 1.807) is 42.4 Å². The van der Waals surface area contributed by atoms with E-state index in [4.69, 9.17) is 0 Å². The molecule has 0 spiro atoms. The molecule has 0 unspecified atom stereocenters. The molecule has 4 rings (SSSR count). The highest BCUT2D eigenvalue weighted by molar-refractivity contribution is 6.07. The zero-order chi connectivity index (χ0) is 27.4. The van der Waals surface area contributed by atoms with Crippen molar-refractivity contribution >= 4 is 29.1 Å². The van der Waals surface area contributed by atoms with Crippen LogP contribution in [0.15, 0.2) is 83.8 Å². The van der Waals surface area contributed by atoms with Crippen LogP contribution in [0, 0.1) is 12.8 Å². The van der Waals surface area contributed by atoms with Crippen molar-refractivity contribution in [3.05, 3.63) is 106 Å². The molecule has 8 heteroatoms. The predicted molar refractivity (Wildman–Crippen MR) is 149 cm³/mol. The molecule has 194 valence electrons. The van der Waals surface area contributed by atoms with Gasteiger partial charge in [-0.2, -0.15) is 0 Å². The van der Waals surface area contributed by atoms with Crippen molar-refractivity contribution in [1.29, 1.82) is 0 Å². The van der Waals surface area contributed by atoms with E-state index in [-0.39, 0.29) is 28.8 Å². The molecular formula is C30H30N4O4. The molecule has 0 radical (unpaired) electrons. The first-order chi connectivity index (χ1) is 18.2. The number of benzene rings is 3. The van der Waals surface area contributed by atoms with Crippen molar-refractivity contribution in [2.45, 2.75) is 20.8 Å². The van der Waals surface area contributed by atoms with Gasteiger partial charge in [0.05, 0.1) is 11.3 Å². The van der Waals surface area contributed by atoms with Crippen LogP contribution < -0.4 is 15.8 Å². The molecule has 38 heavy (non-hydrogen) atoms. The topological polar surface area (TPSA) is 105 Å². The van der Waals surface area contributed by atoms with Crippen molar-refractivity contribution in [2.24, 2.45) is 13.0 Å². The Morgan fingerprint density at radius 3 is 2.37 bits per heavy atom. The summed E-state index contributed by atoms with van der Waals surface area (Å²) in [7, 11) is 1.63. The molecule has 0 atom stereocenters. The van der Waals surface area contributed by atoms with Gasteiger partial charge in [0.15, 0.2) is 5.82 Å². The van der Waals surface area contributed by atoms with Crippen molar-refractivity contribution in [3.63, 3.8) is 0 Å². The van der Waals surface area contributed by atoms with Gasteiger partial charge in [-0.1, -0.05) is 50.2 Å². The number of carbonyl (C=O) groups excluding carboxylic acids is 1. The van der Waals surface area contributed by atoms with Crippen molar-refractivity contribution in [2.75, 3.05) is 16.8 Å². The fourth-order valence-corrected chi connectivity index (χ4v) is 4.27. The van der Waals surface area contributed by atoms with Gasteiger partial charge in [-0.15, -0.1) is 0 Å². The third kappa shape index (κ3) is 5.64. The van der Waals surface area contributed by atoms with E-state index in [0.717, 1.165) is 16.8 Å². The minimum atomic E-state index is -1.06. The van der Waals surface area contributed by atoms with Crippen LogP contribution in [-0.4, -0.2) is 33.1 Å². The Balaban J connectivity index is 1.77. The van der Waals surface area contributed by atoms with Crippen LogP contribution in [0.4, 0.5) is 17.2 Å². The predicted octanol–water partition coefficient (Wildman–Crippen LogP) is 5.50. The molecule has 1 amide bonds. The second-order valence-corrected chi connectivity index (χ2v) is 9.53. The van der Waals surface area contributed by atoms with Crippen molar-refractivity contribution in [3.8, 4) is 11.3 Å². The van der Waals surface area contributed by atoms with Gasteiger partial charge in [-0.3, -0.25) is 9.59 Å². The number of amides is 1. The standard InChI is InChI=1S/C30H30N4O4/c1-19(2)17-34(28(35)21-10-6-5-7-11-21)26-15-9-14-24(20(26)3)25-18-33(4)29(36)27(32-25)31-23-13-8-12-22(16-23)30(37)38/h5-16,18-19H,17H2,1-4H3,(H,31,32)(H,37,38). The van der Waals surface area contributed by atoms with E-state index < -0.39 is 5.97 Å². The third-order valence-corrected chi connectivity index (χ3v) is 6.13. The number of aryl methyl sites for hydroxylation is 1. The minimum absolute atomic E-state index is 0.0664. The number of aromatic nitrogens is 2. The van der Waals surface area contributed by atoms with Crippen LogP contribution in [0.1, 0.15) is 40.1 Å². The largest absolute Gasteiger partial charge is 0.478 e. The van der Waals surface area contributed by atoms with Gasteiger partial charge in [0.25, 0.3) is 11.5 Å². The third-order valence-electron chi connectivity index (χ3n) is 6.13. The zero-order valence-electron chi connectivity index (χ0n) is 21.8. The van der Waals surface area contributed by atoms with E-state index in [9.17, 15) is 19.5 Å². The number of carboxylic acid groups (broad SMARTS) is 1. The van der Waals surface area contributed by atoms with E-state index >= 15 is 0 Å². The molecule has 4 aromatic rings. The Labute approximate surface area is 221 Å². The normalized spacial score (nSPS) is 10.9. The molecule has 3 aromatic carbocycles. The van der Waals surface area contributed by atoms with Gasteiger partial charge in [-0.25, -0.2) is 9.78 Å². The van der Waals surface area contributed by atoms with Gasteiger partial charge in [0, 0.05) is 42.3 Å². The number of nitrogens with one attached hydrogen (secondary N) is 1. The number of nitrogens with zero attached hydrogens (tertiary/aromatic N) is 3. The summed E-state index contributed by atoms with van der Waals surface area (Å²) in [5, 5.41) is 12.3. The summed E-state index contributed by atoms with van der Waals surface area (Å²) in [6.07, 6.45) is 1.65. The lowest BCUT2D eigenvalue weighted by molar-refractivity contribution is 0.0696. The van der Waals surface area contributed by atoms with Crippen LogP contribution in [-0.2, 0) is 7.05 Å². The van der Waals surface area contributed by atoms with E-state index in [1.807, 2.05) is 43.3 Å². The maximum atomic E-state index is 13.5. The Hall–Kier alpha value is -4.72. The fraction of sp³-hybridized carbons (Fsp3) is 0.200. The first kappa shape index (κ1) is 26.3. The molecule has 0 aliphatic heterocycles. The van der Waals surface area contributed by atoms with Crippen molar-refractivity contribution < 1.29 is 14.7 Å². The highest BCUT2D eigenvalue weighted by Crippen LogP contribution is 2.31. The van der Waals surface area contributed by atoms with Crippen LogP contribution in [0.3, 0.4) is 0 Å². The summed E-state index contributed by atoms with van der Waals surface area (Å²) < 4.78 is 1.43. The molecule has 0 fully saturated rings. The summed E-state index contributed by atoms with van der Waals surface area (Å²) in [6, 6.07) is 21.1. The van der Waals surface area contributed by atoms with Gasteiger partial charge >= 0.3 is 5.97 Å². The molecule has 0 saturated heterocycles. The Kier molecular flexibility index (Phi) is 7.71. The Bertz CT molecular complexity index is 1540. The summed E-state index contributed by atoms with van der Waals surface area (Å²) in [6.45, 7) is 6.60. The summed E-state index contributed by atoms with van der Waals surface area (Å²) in [5.41, 5.74) is 3.72. The molecule has 0 saturated carbocycles. The average Bonchev–Trinajstić information content (AvgIpc) is 2.90. The lowest BCUT2D eigenvalue weighted by Gasteiger charge is -2.27. The maximum absolute atomic E-state index is 13.5. The molecule has 0 aliphatic rings. The average molecular weight is 511 g/mol. The highest BCUT2D eigenvalue weighted by Gasteiger charge is 2.22. The van der Waals surface area contributed by atoms with Gasteiger partial charge in [-0.05, 0) is 54.8 Å². The van der Waals surface area contributed by atoms with E-state index in [1.165, 1.54) is 16.7 Å². The molecule has 0 bridgehead atoms. The van der Waals surface area contributed by atoms with Gasteiger partial charge in [0.1, 0.15) is 0 Å². The summed E-state index contributed by atoms with van der Waals surface area (Å²) in [4.78, 5) is 44.1. The smallest absolute Gasteiger partial charge is 0.335 e. The lowest BCUT2D eigenvalue weighted by Crippen LogP contribution is -2.34. The quantitative estimate of drug-likeness (QED) is 0.324. The van der Waals surface area contributed by atoms with Crippen LogP contribution >= 0.6 is 0 Å². The first-order valence-corrected chi connectivity index (χ1v) is 12.3. The number of aromatic carboxylic acids is 1. The second kappa shape index (κ2) is 11.1. The Morgan fingerprint density at radius 2 is 1.68 bits per heavy atom. The fourth-order valence-electron chi connectivity index (χ4n) is 4.27. The number of hydrogen-bond acceptors (Lipinski definition) is 5. The summed E-state index contributed by atoms with van der Waals surface area (Å²) in [5.74, 6) is -0.851. The maximum Gasteiger partial charge on any atom is 0.335 e. The minimum Gasteiger partial charge on any atom is -0.478 e. The molecule has 1 heterocycles. The Morgan fingerprint density at radius 1 is 1.00 bits per heavy atom. The highest BCUT2D eigenvalue weighted by atomic mass is 16.4. The van der Waals surface area contributed by atoms with Crippen LogP contribution in [0.2, 0.25) is 0 Å². The van der Waals surface area contributed by atoms with Crippen LogP contribution in [0.5, 0.6) is 0 Å². The first-order valence-electron chi connectivity index (χ1n) is 12.3. The molecule has 0 aliphatic carbocycles. The van der Waals surface area contributed by atoms with E-state index in [0.29, 0.717) is 23.5 Å². The molecular weight excluding hydrogens is 480 g/mol. The lowest BCUT2D eigenvalue weighted by atomic mass is 10.0. The van der Waals surface area contributed by atoms with Crippen LogP contribution in [0.25, 0.3) is 11.3 Å². The number of hydrogen-bond donors (Lipinski definition) is 2. The monoisotopic (exact) mass is 510 g/mol. The number of carbonyl (C=O) groups is 2. The van der Waals surface area contributed by atoms with E-state index in [2.05, 4.69) is 24.1 Å². The zero-order valence-corrected chi connectivity index (χ0v) is 21.8. The molecule has 2 N–H and O–H groups in total. The number of anilines is 3. The number of carboxylic acids is 1. The number of rotatable bonds is 8. The van der Waals surface area contributed by atoms with Gasteiger partial charge in [0.2, 0.25) is 0 Å². The SMILES string of the molecule is Cc1c(-c2cn(C)c(=O)c(Nc3cccc(C(=O)O)c3)n2)cccc1N(CC(C)C)C(=O)c1ccccc1. The molecule has 1 aromatic heterocycles. The van der Waals surface area contributed by atoms with Crippen molar-refractivity contribution in [1.82, 2.24) is 9.55 Å².